The summed E-state index contributed by atoms with van der Waals surface area (Å²) < 4.78 is 6.70. The number of aromatic nitrogens is 4. The van der Waals surface area contributed by atoms with Crippen LogP contribution in [0.5, 0.6) is 0 Å². The smallest absolute Gasteiger partial charge is 0.267 e. The highest BCUT2D eigenvalue weighted by Crippen LogP contribution is 2.18. The van der Waals surface area contributed by atoms with Crippen molar-refractivity contribution in [2.45, 2.75) is 33.2 Å². The number of aryl methyl sites for hydroxylation is 2. The maximum absolute atomic E-state index is 12.3. The molecule has 0 N–H and O–H groups in total. The topological polar surface area (TPSA) is 73.8 Å². The molecule has 6 heteroatoms. The summed E-state index contributed by atoms with van der Waals surface area (Å²) in [5.41, 5.74) is 4.85. The van der Waals surface area contributed by atoms with Crippen LogP contribution in [0.4, 0.5) is 0 Å². The van der Waals surface area contributed by atoms with Gasteiger partial charge < -0.3 is 4.52 Å². The molecular weight excluding hydrogens is 364 g/mol. The molecule has 0 bridgehead atoms. The molecule has 2 aromatic heterocycles. The third-order valence-electron chi connectivity index (χ3n) is 4.90. The van der Waals surface area contributed by atoms with E-state index in [2.05, 4.69) is 41.2 Å². The van der Waals surface area contributed by atoms with Crippen LogP contribution in [0, 0.1) is 0 Å². The summed E-state index contributed by atoms with van der Waals surface area (Å²) in [7, 11) is 0. The molecule has 29 heavy (non-hydrogen) atoms. The zero-order chi connectivity index (χ0) is 20.2. The minimum absolute atomic E-state index is 0.125. The summed E-state index contributed by atoms with van der Waals surface area (Å²) in [4.78, 5) is 16.7. The molecule has 4 rings (SSSR count). The normalized spacial score (nSPS) is 11.0. The van der Waals surface area contributed by atoms with Gasteiger partial charge in [-0.25, -0.2) is 4.68 Å². The van der Waals surface area contributed by atoms with E-state index in [1.807, 2.05) is 36.4 Å². The Balaban J connectivity index is 1.57. The lowest BCUT2D eigenvalue weighted by molar-refractivity contribution is 0.363. The average molecular weight is 386 g/mol. The van der Waals surface area contributed by atoms with Gasteiger partial charge in [0.2, 0.25) is 11.7 Å². The van der Waals surface area contributed by atoms with E-state index < -0.39 is 0 Å². The molecule has 0 unspecified atom stereocenters. The second-order valence-electron chi connectivity index (χ2n) is 6.83. The van der Waals surface area contributed by atoms with Gasteiger partial charge in [-0.15, -0.1) is 0 Å². The van der Waals surface area contributed by atoms with Crippen LogP contribution in [0.1, 0.15) is 30.9 Å². The fourth-order valence-electron chi connectivity index (χ4n) is 3.08. The first kappa shape index (κ1) is 18.8. The Kier molecular flexibility index (Phi) is 5.33. The van der Waals surface area contributed by atoms with Crippen LogP contribution in [-0.2, 0) is 19.4 Å². The summed E-state index contributed by atoms with van der Waals surface area (Å²) in [6, 6.07) is 19.4. The Bertz CT molecular complexity index is 1160. The number of benzene rings is 2. The SMILES string of the molecule is CCc1ccc(-c2ccc(=O)n(Cc3nc(-c4ccc(CC)cc4)no3)n2)cc1. The van der Waals surface area contributed by atoms with Crippen molar-refractivity contribution in [2.75, 3.05) is 0 Å². The van der Waals surface area contributed by atoms with Gasteiger partial charge in [0.15, 0.2) is 0 Å². The van der Waals surface area contributed by atoms with Gasteiger partial charge in [-0.05, 0) is 30.0 Å². The number of nitrogens with zero attached hydrogens (tertiary/aromatic N) is 4. The fourth-order valence-corrected chi connectivity index (χ4v) is 3.08. The Morgan fingerprint density at radius 1 is 0.828 bits per heavy atom. The molecule has 6 nitrogen and oxygen atoms in total. The van der Waals surface area contributed by atoms with Gasteiger partial charge in [0, 0.05) is 17.2 Å². The zero-order valence-electron chi connectivity index (χ0n) is 16.5. The van der Waals surface area contributed by atoms with Crippen LogP contribution in [0.25, 0.3) is 22.6 Å². The highest BCUT2D eigenvalue weighted by Gasteiger charge is 2.11. The molecule has 0 saturated heterocycles. The number of hydrogen-bond acceptors (Lipinski definition) is 5. The average Bonchev–Trinajstić information content (AvgIpc) is 3.24. The van der Waals surface area contributed by atoms with Gasteiger partial charge in [0.25, 0.3) is 5.56 Å². The molecule has 2 aromatic carbocycles. The third-order valence-corrected chi connectivity index (χ3v) is 4.90. The summed E-state index contributed by atoms with van der Waals surface area (Å²) in [6.45, 7) is 4.35. The van der Waals surface area contributed by atoms with Crippen molar-refractivity contribution in [3.8, 4) is 22.6 Å². The molecule has 2 heterocycles. The Hall–Kier alpha value is -3.54. The largest absolute Gasteiger partial charge is 0.337 e. The van der Waals surface area contributed by atoms with E-state index in [0.717, 1.165) is 29.7 Å². The summed E-state index contributed by atoms with van der Waals surface area (Å²) in [6.07, 6.45) is 1.96. The van der Waals surface area contributed by atoms with Gasteiger partial charge >= 0.3 is 0 Å². The van der Waals surface area contributed by atoms with Crippen molar-refractivity contribution < 1.29 is 4.52 Å². The molecule has 146 valence electrons. The van der Waals surface area contributed by atoms with Gasteiger partial charge in [0.05, 0.1) is 5.69 Å². The zero-order valence-corrected chi connectivity index (χ0v) is 16.5. The molecule has 0 spiro atoms. The lowest BCUT2D eigenvalue weighted by Gasteiger charge is -2.06. The molecule has 0 fully saturated rings. The predicted octanol–water partition coefficient (Wildman–Crippen LogP) is 4.13. The minimum atomic E-state index is -0.217. The minimum Gasteiger partial charge on any atom is -0.337 e. The van der Waals surface area contributed by atoms with Crippen LogP contribution in [0.3, 0.4) is 0 Å². The van der Waals surface area contributed by atoms with Crippen LogP contribution in [0.2, 0.25) is 0 Å². The van der Waals surface area contributed by atoms with Crippen LogP contribution < -0.4 is 5.56 Å². The summed E-state index contributed by atoms with van der Waals surface area (Å²) >= 11 is 0. The van der Waals surface area contributed by atoms with Gasteiger partial charge in [0.1, 0.15) is 6.54 Å². The fraction of sp³-hybridized carbons (Fsp3) is 0.217. The molecular formula is C23H22N4O2. The van der Waals surface area contributed by atoms with E-state index in [-0.39, 0.29) is 12.1 Å². The van der Waals surface area contributed by atoms with Gasteiger partial charge in [-0.1, -0.05) is 67.5 Å². The van der Waals surface area contributed by atoms with E-state index in [1.54, 1.807) is 6.07 Å². The second kappa shape index (κ2) is 8.22. The van der Waals surface area contributed by atoms with Crippen molar-refractivity contribution in [1.82, 2.24) is 19.9 Å². The Labute approximate surface area is 168 Å². The third kappa shape index (κ3) is 4.16. The van der Waals surface area contributed by atoms with Crippen molar-refractivity contribution in [2.24, 2.45) is 0 Å². The second-order valence-corrected chi connectivity index (χ2v) is 6.83. The maximum atomic E-state index is 12.3. The van der Waals surface area contributed by atoms with E-state index in [1.165, 1.54) is 21.9 Å². The first-order valence-electron chi connectivity index (χ1n) is 9.75. The molecule has 0 radical (unpaired) electrons. The lowest BCUT2D eigenvalue weighted by Crippen LogP contribution is -2.23. The van der Waals surface area contributed by atoms with E-state index >= 15 is 0 Å². The molecule has 0 aliphatic carbocycles. The molecule has 0 aliphatic rings. The Morgan fingerprint density at radius 2 is 1.45 bits per heavy atom. The van der Waals surface area contributed by atoms with Crippen molar-refractivity contribution in [3.05, 3.63) is 88.0 Å². The monoisotopic (exact) mass is 386 g/mol. The lowest BCUT2D eigenvalue weighted by atomic mass is 10.1. The molecule has 0 saturated carbocycles. The number of hydrogen-bond donors (Lipinski definition) is 0. The summed E-state index contributed by atoms with van der Waals surface area (Å²) in [5, 5.41) is 8.51. The summed E-state index contributed by atoms with van der Waals surface area (Å²) in [5.74, 6) is 0.842. The van der Waals surface area contributed by atoms with Crippen LogP contribution in [0.15, 0.2) is 70.0 Å². The van der Waals surface area contributed by atoms with E-state index in [9.17, 15) is 4.79 Å². The first-order valence-corrected chi connectivity index (χ1v) is 9.75. The molecule has 0 aliphatic heterocycles. The van der Waals surface area contributed by atoms with Crippen LogP contribution >= 0.6 is 0 Å². The predicted molar refractivity (Wildman–Crippen MR) is 112 cm³/mol. The van der Waals surface area contributed by atoms with Crippen molar-refractivity contribution in [1.29, 1.82) is 0 Å². The molecule has 4 aromatic rings. The Morgan fingerprint density at radius 3 is 2.07 bits per heavy atom. The van der Waals surface area contributed by atoms with Crippen molar-refractivity contribution in [3.63, 3.8) is 0 Å². The number of rotatable bonds is 6. The van der Waals surface area contributed by atoms with E-state index in [0.29, 0.717) is 11.7 Å². The standard InChI is InChI=1S/C23H22N4O2/c1-3-16-5-9-18(10-6-16)20-13-14-22(28)27(25-20)15-21-24-23(26-29-21)19-11-7-17(4-2)8-12-19/h5-14H,3-4,15H2,1-2H3. The highest BCUT2D eigenvalue weighted by molar-refractivity contribution is 5.58. The maximum Gasteiger partial charge on any atom is 0.267 e. The van der Waals surface area contributed by atoms with Crippen molar-refractivity contribution >= 4 is 0 Å². The molecule has 0 atom stereocenters. The van der Waals surface area contributed by atoms with Gasteiger partial charge in [-0.2, -0.15) is 10.1 Å². The van der Waals surface area contributed by atoms with E-state index in [4.69, 9.17) is 4.52 Å². The highest BCUT2D eigenvalue weighted by atomic mass is 16.5. The van der Waals surface area contributed by atoms with Gasteiger partial charge in [-0.3, -0.25) is 4.79 Å². The quantitative estimate of drug-likeness (QED) is 0.498. The first-order chi connectivity index (χ1) is 14.2. The van der Waals surface area contributed by atoms with Crippen LogP contribution in [-0.4, -0.2) is 19.9 Å². The molecule has 0 amide bonds.